The quantitative estimate of drug-likeness (QED) is 0.810. The fraction of sp³-hybridized carbons (Fsp3) is 0.300. The second-order valence-electron chi connectivity index (χ2n) is 3.12. The smallest absolute Gasteiger partial charge is 0.183 e. The van der Waals surface area contributed by atoms with E-state index in [0.717, 1.165) is 6.07 Å². The van der Waals surface area contributed by atoms with Crippen LogP contribution >= 0.6 is 11.6 Å². The van der Waals surface area contributed by atoms with Crippen LogP contribution in [0.15, 0.2) is 12.1 Å². The molecular weight excluding hydrogens is 221 g/mol. The van der Waals surface area contributed by atoms with Crippen molar-refractivity contribution >= 4 is 17.4 Å². The van der Waals surface area contributed by atoms with Crippen molar-refractivity contribution in [1.29, 1.82) is 0 Å². The number of ketones is 1. The summed E-state index contributed by atoms with van der Waals surface area (Å²) in [5, 5.41) is 0.00847. The van der Waals surface area contributed by atoms with Gasteiger partial charge in [0.2, 0.25) is 0 Å². The minimum Gasteiger partial charge on any atom is -0.497 e. The number of benzene rings is 1. The summed E-state index contributed by atoms with van der Waals surface area (Å²) in [6.45, 7) is 1.47. The second-order valence-corrected chi connectivity index (χ2v) is 3.53. The summed E-state index contributed by atoms with van der Waals surface area (Å²) in [5.74, 6) is -0.986. The fourth-order valence-corrected chi connectivity index (χ4v) is 1.42. The summed E-state index contributed by atoms with van der Waals surface area (Å²) in [6.07, 6.45) is 0. The molecule has 0 bridgehead atoms. The lowest BCUT2D eigenvalue weighted by molar-refractivity contribution is 0.0964. The molecule has 0 aliphatic rings. The zero-order valence-electron chi connectivity index (χ0n) is 8.38. The van der Waals surface area contributed by atoms with E-state index < -0.39 is 17.6 Å². The standard InChI is InChI=1S/C10H11ClFNO2/c1-5(13)10(14)9-7(11)3-6(15-2)4-8(9)12/h3-5H,13H2,1-2H3. The molecule has 1 aromatic rings. The fourth-order valence-electron chi connectivity index (χ4n) is 1.13. The van der Waals surface area contributed by atoms with E-state index in [1.54, 1.807) is 0 Å². The first-order valence-corrected chi connectivity index (χ1v) is 4.68. The Morgan fingerprint density at radius 2 is 2.20 bits per heavy atom. The number of carbonyl (C=O) groups excluding carboxylic acids is 1. The first-order chi connectivity index (χ1) is 6.97. The summed E-state index contributed by atoms with van der Waals surface area (Å²) in [5.41, 5.74) is 5.18. The van der Waals surface area contributed by atoms with Gasteiger partial charge in [0.15, 0.2) is 5.78 Å². The molecule has 3 nitrogen and oxygen atoms in total. The summed E-state index contributed by atoms with van der Waals surface area (Å²) in [6, 6.07) is 1.69. The molecule has 0 saturated carbocycles. The van der Waals surface area contributed by atoms with Crippen molar-refractivity contribution in [3.05, 3.63) is 28.5 Å². The topological polar surface area (TPSA) is 52.3 Å². The molecule has 0 aromatic heterocycles. The van der Waals surface area contributed by atoms with E-state index in [0.29, 0.717) is 0 Å². The van der Waals surface area contributed by atoms with Gasteiger partial charge in [-0.15, -0.1) is 0 Å². The van der Waals surface area contributed by atoms with Crippen molar-refractivity contribution in [2.45, 2.75) is 13.0 Å². The SMILES string of the molecule is COc1cc(F)c(C(=O)C(C)N)c(Cl)c1. The zero-order chi connectivity index (χ0) is 11.6. The van der Waals surface area contributed by atoms with Crippen molar-refractivity contribution in [1.82, 2.24) is 0 Å². The number of rotatable bonds is 3. The number of halogens is 2. The third kappa shape index (κ3) is 2.46. The molecule has 0 spiro atoms. The maximum atomic E-state index is 13.5. The number of hydrogen-bond acceptors (Lipinski definition) is 3. The summed E-state index contributed by atoms with van der Waals surface area (Å²) < 4.78 is 18.3. The first-order valence-electron chi connectivity index (χ1n) is 4.30. The average molecular weight is 232 g/mol. The first kappa shape index (κ1) is 11.9. The predicted octanol–water partition coefficient (Wildman–Crippen LogP) is 2.02. The van der Waals surface area contributed by atoms with E-state index in [1.165, 1.54) is 20.1 Å². The Morgan fingerprint density at radius 1 is 1.60 bits per heavy atom. The molecule has 0 fully saturated rings. The van der Waals surface area contributed by atoms with E-state index in [-0.39, 0.29) is 16.3 Å². The molecule has 0 heterocycles. The monoisotopic (exact) mass is 231 g/mol. The van der Waals surface area contributed by atoms with E-state index in [4.69, 9.17) is 22.1 Å². The van der Waals surface area contributed by atoms with Crippen molar-refractivity contribution in [2.24, 2.45) is 5.73 Å². The maximum Gasteiger partial charge on any atom is 0.183 e. The largest absolute Gasteiger partial charge is 0.497 e. The Balaban J connectivity index is 3.25. The van der Waals surface area contributed by atoms with Crippen LogP contribution in [0.2, 0.25) is 5.02 Å². The number of nitrogens with two attached hydrogens (primary N) is 1. The highest BCUT2D eigenvalue weighted by molar-refractivity contribution is 6.34. The Labute approximate surface area is 92.0 Å². The molecule has 1 unspecified atom stereocenters. The van der Waals surface area contributed by atoms with E-state index in [2.05, 4.69) is 0 Å². The normalized spacial score (nSPS) is 12.3. The van der Waals surface area contributed by atoms with Crippen molar-refractivity contribution in [3.63, 3.8) is 0 Å². The van der Waals surface area contributed by atoms with Crippen molar-refractivity contribution in [3.8, 4) is 5.75 Å². The second kappa shape index (κ2) is 4.59. The molecule has 1 aromatic carbocycles. The van der Waals surface area contributed by atoms with Crippen LogP contribution in [0.4, 0.5) is 4.39 Å². The van der Waals surface area contributed by atoms with Crippen molar-refractivity contribution in [2.75, 3.05) is 7.11 Å². The molecule has 0 radical (unpaired) electrons. The minimum atomic E-state index is -0.787. The van der Waals surface area contributed by atoms with Gasteiger partial charge in [-0.1, -0.05) is 11.6 Å². The van der Waals surface area contributed by atoms with Crippen LogP contribution in [0.1, 0.15) is 17.3 Å². The van der Waals surface area contributed by atoms with Gasteiger partial charge in [-0.05, 0) is 13.0 Å². The van der Waals surface area contributed by atoms with Crippen LogP contribution in [-0.4, -0.2) is 18.9 Å². The van der Waals surface area contributed by atoms with E-state index in [1.807, 2.05) is 0 Å². The number of methoxy groups -OCH3 is 1. The summed E-state index contributed by atoms with van der Waals surface area (Å²) >= 11 is 5.76. The number of hydrogen-bond donors (Lipinski definition) is 1. The highest BCUT2D eigenvalue weighted by atomic mass is 35.5. The van der Waals surface area contributed by atoms with Crippen LogP contribution in [0.5, 0.6) is 5.75 Å². The Bertz CT molecular complexity index is 370. The van der Waals surface area contributed by atoms with Crippen LogP contribution in [0.3, 0.4) is 0 Å². The summed E-state index contributed by atoms with van der Waals surface area (Å²) in [7, 11) is 1.39. The van der Waals surface area contributed by atoms with E-state index >= 15 is 0 Å². The molecule has 82 valence electrons. The highest BCUT2D eigenvalue weighted by Crippen LogP contribution is 2.26. The van der Waals surface area contributed by atoms with Gasteiger partial charge in [-0.3, -0.25) is 4.79 Å². The molecule has 0 amide bonds. The lowest BCUT2D eigenvalue weighted by Gasteiger charge is -2.09. The van der Waals surface area contributed by atoms with Gasteiger partial charge in [-0.2, -0.15) is 0 Å². The molecule has 15 heavy (non-hydrogen) atoms. The number of Topliss-reactive ketones (excluding diaryl/α,β-unsaturated/α-hetero) is 1. The van der Waals surface area contributed by atoms with Gasteiger partial charge in [0.05, 0.1) is 23.7 Å². The third-order valence-electron chi connectivity index (χ3n) is 1.91. The minimum absolute atomic E-state index is 0.00847. The molecular formula is C10H11ClFNO2. The Hall–Kier alpha value is -1.13. The Morgan fingerprint density at radius 3 is 2.60 bits per heavy atom. The lowest BCUT2D eigenvalue weighted by atomic mass is 10.1. The van der Waals surface area contributed by atoms with Crippen molar-refractivity contribution < 1.29 is 13.9 Å². The van der Waals surface area contributed by atoms with Gasteiger partial charge in [0.1, 0.15) is 11.6 Å². The predicted molar refractivity (Wildman–Crippen MR) is 55.9 cm³/mol. The lowest BCUT2D eigenvalue weighted by Crippen LogP contribution is -2.27. The van der Waals surface area contributed by atoms with Gasteiger partial charge < -0.3 is 10.5 Å². The third-order valence-corrected chi connectivity index (χ3v) is 2.21. The zero-order valence-corrected chi connectivity index (χ0v) is 9.14. The maximum absolute atomic E-state index is 13.5. The van der Waals surface area contributed by atoms with Crippen LogP contribution in [0.25, 0.3) is 0 Å². The highest BCUT2D eigenvalue weighted by Gasteiger charge is 2.20. The molecule has 1 rings (SSSR count). The van der Waals surface area contributed by atoms with Crippen LogP contribution in [0, 0.1) is 5.82 Å². The number of carbonyl (C=O) groups is 1. The molecule has 0 saturated heterocycles. The van der Waals surface area contributed by atoms with E-state index in [9.17, 15) is 9.18 Å². The molecule has 2 N–H and O–H groups in total. The van der Waals surface area contributed by atoms with Gasteiger partial charge in [0.25, 0.3) is 0 Å². The average Bonchev–Trinajstić information content (AvgIpc) is 2.16. The summed E-state index contributed by atoms with van der Waals surface area (Å²) in [4.78, 5) is 11.5. The molecule has 0 aliphatic carbocycles. The van der Waals surface area contributed by atoms with Gasteiger partial charge in [-0.25, -0.2) is 4.39 Å². The molecule has 5 heteroatoms. The van der Waals surface area contributed by atoms with Gasteiger partial charge in [0, 0.05) is 6.07 Å². The van der Waals surface area contributed by atoms with Crippen LogP contribution < -0.4 is 10.5 Å². The van der Waals surface area contributed by atoms with Crippen LogP contribution in [-0.2, 0) is 0 Å². The molecule has 1 atom stereocenters. The number of ether oxygens (including phenoxy) is 1. The Kier molecular flexibility index (Phi) is 3.66. The van der Waals surface area contributed by atoms with Gasteiger partial charge >= 0.3 is 0 Å². The molecule has 0 aliphatic heterocycles.